The standard InChI is InChI=1S/C15H28N4O2/c1-7-12(17-14(20)21-15(4,5)6)8-16-9-13-10(2)18-19-11(13)3/h12,16H,7-9H2,1-6H3,(H,17,20)(H,18,19). The minimum absolute atomic E-state index is 0.0485. The summed E-state index contributed by atoms with van der Waals surface area (Å²) in [6.07, 6.45) is 0.474. The molecule has 1 heterocycles. The van der Waals surface area contributed by atoms with E-state index in [4.69, 9.17) is 4.74 Å². The van der Waals surface area contributed by atoms with Crippen LogP contribution in [-0.2, 0) is 11.3 Å². The first-order chi connectivity index (χ1) is 9.73. The Morgan fingerprint density at radius 2 is 2.05 bits per heavy atom. The smallest absolute Gasteiger partial charge is 0.407 e. The average Bonchev–Trinajstić information content (AvgIpc) is 2.66. The van der Waals surface area contributed by atoms with Crippen LogP contribution in [0, 0.1) is 13.8 Å². The zero-order valence-electron chi connectivity index (χ0n) is 14.0. The lowest BCUT2D eigenvalue weighted by Crippen LogP contribution is -2.43. The number of carbonyl (C=O) groups excluding carboxylic acids is 1. The summed E-state index contributed by atoms with van der Waals surface area (Å²) in [7, 11) is 0. The molecule has 0 radical (unpaired) electrons. The zero-order valence-corrected chi connectivity index (χ0v) is 14.0. The Kier molecular flexibility index (Phi) is 6.20. The van der Waals surface area contributed by atoms with E-state index in [9.17, 15) is 4.79 Å². The Labute approximate surface area is 127 Å². The van der Waals surface area contributed by atoms with E-state index in [0.29, 0.717) is 6.54 Å². The number of nitrogens with zero attached hydrogens (tertiary/aromatic N) is 1. The Morgan fingerprint density at radius 3 is 2.52 bits per heavy atom. The Balaban J connectivity index is 2.39. The molecule has 1 rings (SSSR count). The number of alkyl carbamates (subject to hydrolysis) is 1. The van der Waals surface area contributed by atoms with Crippen molar-refractivity contribution < 1.29 is 9.53 Å². The molecule has 1 aromatic heterocycles. The summed E-state index contributed by atoms with van der Waals surface area (Å²) in [5.41, 5.74) is 2.80. The van der Waals surface area contributed by atoms with Crippen LogP contribution in [0.15, 0.2) is 0 Å². The predicted molar refractivity (Wildman–Crippen MR) is 83.2 cm³/mol. The fourth-order valence-electron chi connectivity index (χ4n) is 1.98. The molecule has 3 N–H and O–H groups in total. The van der Waals surface area contributed by atoms with Gasteiger partial charge in [0.25, 0.3) is 0 Å². The molecule has 6 heteroatoms. The van der Waals surface area contributed by atoms with Gasteiger partial charge in [0.05, 0.1) is 5.69 Å². The first-order valence-corrected chi connectivity index (χ1v) is 7.43. The van der Waals surface area contributed by atoms with E-state index in [1.54, 1.807) is 0 Å². The molecule has 0 spiro atoms. The van der Waals surface area contributed by atoms with Crippen LogP contribution >= 0.6 is 0 Å². The molecule has 21 heavy (non-hydrogen) atoms. The van der Waals surface area contributed by atoms with Crippen LogP contribution in [0.1, 0.15) is 51.1 Å². The number of amides is 1. The third-order valence-electron chi connectivity index (χ3n) is 3.19. The highest BCUT2D eigenvalue weighted by molar-refractivity contribution is 5.68. The van der Waals surface area contributed by atoms with E-state index < -0.39 is 5.60 Å². The molecule has 0 aliphatic rings. The van der Waals surface area contributed by atoms with Gasteiger partial charge in [0.2, 0.25) is 0 Å². The van der Waals surface area contributed by atoms with Crippen LogP contribution in [-0.4, -0.2) is 34.5 Å². The molecule has 0 bridgehead atoms. The molecule has 1 atom stereocenters. The maximum atomic E-state index is 11.8. The minimum atomic E-state index is -0.471. The fraction of sp³-hybridized carbons (Fsp3) is 0.733. The maximum Gasteiger partial charge on any atom is 0.407 e. The van der Waals surface area contributed by atoms with Gasteiger partial charge in [0, 0.05) is 30.4 Å². The lowest BCUT2D eigenvalue weighted by Gasteiger charge is -2.23. The highest BCUT2D eigenvalue weighted by atomic mass is 16.6. The molecule has 0 aromatic carbocycles. The summed E-state index contributed by atoms with van der Waals surface area (Å²) in [6, 6.07) is 0.0485. The third kappa shape index (κ3) is 6.16. The molecule has 0 aliphatic carbocycles. The summed E-state index contributed by atoms with van der Waals surface area (Å²) in [5, 5.41) is 13.4. The van der Waals surface area contributed by atoms with Gasteiger partial charge >= 0.3 is 6.09 Å². The van der Waals surface area contributed by atoms with Gasteiger partial charge in [-0.05, 0) is 41.0 Å². The van der Waals surface area contributed by atoms with Gasteiger partial charge in [0.1, 0.15) is 5.60 Å². The van der Waals surface area contributed by atoms with Gasteiger partial charge < -0.3 is 15.4 Å². The molecule has 6 nitrogen and oxygen atoms in total. The lowest BCUT2D eigenvalue weighted by molar-refractivity contribution is 0.0502. The highest BCUT2D eigenvalue weighted by Gasteiger charge is 2.18. The number of carbonyl (C=O) groups is 1. The first kappa shape index (κ1) is 17.5. The number of ether oxygens (including phenoxy) is 1. The quantitative estimate of drug-likeness (QED) is 0.753. The molecule has 1 aromatic rings. The fourth-order valence-corrected chi connectivity index (χ4v) is 1.98. The van der Waals surface area contributed by atoms with Crippen molar-refractivity contribution in [3.63, 3.8) is 0 Å². The third-order valence-corrected chi connectivity index (χ3v) is 3.19. The van der Waals surface area contributed by atoms with Crippen LogP contribution in [0.5, 0.6) is 0 Å². The molecular formula is C15H28N4O2. The van der Waals surface area contributed by atoms with Crippen LogP contribution in [0.25, 0.3) is 0 Å². The molecule has 0 aliphatic heterocycles. The maximum absolute atomic E-state index is 11.8. The van der Waals surface area contributed by atoms with Crippen LogP contribution in [0.2, 0.25) is 0 Å². The Morgan fingerprint density at radius 1 is 1.38 bits per heavy atom. The predicted octanol–water partition coefficient (Wildman–Crippen LogP) is 2.42. The van der Waals surface area contributed by atoms with Gasteiger partial charge in [-0.1, -0.05) is 6.92 Å². The first-order valence-electron chi connectivity index (χ1n) is 7.43. The van der Waals surface area contributed by atoms with Crippen molar-refractivity contribution in [3.8, 4) is 0 Å². The van der Waals surface area contributed by atoms with Crippen LogP contribution in [0.3, 0.4) is 0 Å². The van der Waals surface area contributed by atoms with E-state index in [2.05, 4.69) is 20.8 Å². The SMILES string of the molecule is CCC(CNCc1c(C)n[nH]c1C)NC(=O)OC(C)(C)C. The second-order valence-corrected chi connectivity index (χ2v) is 6.29. The van der Waals surface area contributed by atoms with Gasteiger partial charge in [-0.25, -0.2) is 4.79 Å². The highest BCUT2D eigenvalue weighted by Crippen LogP contribution is 2.09. The zero-order chi connectivity index (χ0) is 16.0. The lowest BCUT2D eigenvalue weighted by atomic mass is 10.2. The van der Waals surface area contributed by atoms with E-state index >= 15 is 0 Å². The molecule has 120 valence electrons. The molecule has 0 saturated heterocycles. The number of nitrogens with one attached hydrogen (secondary N) is 3. The second kappa shape index (κ2) is 7.45. The average molecular weight is 296 g/mol. The number of H-pyrrole nitrogens is 1. The summed E-state index contributed by atoms with van der Waals surface area (Å²) in [5.74, 6) is 0. The number of aryl methyl sites for hydroxylation is 2. The van der Waals surface area contributed by atoms with Gasteiger partial charge in [-0.3, -0.25) is 5.10 Å². The van der Waals surface area contributed by atoms with Crippen molar-refractivity contribution in [2.75, 3.05) is 6.54 Å². The Bertz CT molecular complexity index is 443. The summed E-state index contributed by atoms with van der Waals surface area (Å²) >= 11 is 0. The minimum Gasteiger partial charge on any atom is -0.444 e. The molecule has 0 saturated carbocycles. The van der Waals surface area contributed by atoms with Crippen LogP contribution in [0.4, 0.5) is 4.79 Å². The number of aromatic nitrogens is 2. The van der Waals surface area contributed by atoms with E-state index in [1.165, 1.54) is 5.56 Å². The summed E-state index contributed by atoms with van der Waals surface area (Å²) in [6.45, 7) is 13.0. The topological polar surface area (TPSA) is 79.0 Å². The normalized spacial score (nSPS) is 13.0. The van der Waals surface area contributed by atoms with Crippen molar-refractivity contribution in [1.29, 1.82) is 0 Å². The van der Waals surface area contributed by atoms with Crippen molar-refractivity contribution in [3.05, 3.63) is 17.0 Å². The molecule has 0 fully saturated rings. The number of hydrogen-bond donors (Lipinski definition) is 3. The Hall–Kier alpha value is -1.56. The van der Waals surface area contributed by atoms with Crippen LogP contribution < -0.4 is 10.6 Å². The summed E-state index contributed by atoms with van der Waals surface area (Å²) < 4.78 is 5.27. The molecule has 1 amide bonds. The van der Waals surface area contributed by atoms with Crippen molar-refractivity contribution in [1.82, 2.24) is 20.8 Å². The molecule has 1 unspecified atom stereocenters. The van der Waals surface area contributed by atoms with Gasteiger partial charge in [-0.2, -0.15) is 5.10 Å². The second-order valence-electron chi connectivity index (χ2n) is 6.29. The van der Waals surface area contributed by atoms with Crippen molar-refractivity contribution in [2.24, 2.45) is 0 Å². The van der Waals surface area contributed by atoms with Crippen molar-refractivity contribution >= 4 is 6.09 Å². The number of rotatable bonds is 6. The largest absolute Gasteiger partial charge is 0.444 e. The number of aromatic amines is 1. The molecular weight excluding hydrogens is 268 g/mol. The van der Waals surface area contributed by atoms with E-state index in [0.717, 1.165) is 24.4 Å². The van der Waals surface area contributed by atoms with E-state index in [-0.39, 0.29) is 12.1 Å². The van der Waals surface area contributed by atoms with Gasteiger partial charge in [-0.15, -0.1) is 0 Å². The summed E-state index contributed by atoms with van der Waals surface area (Å²) in [4.78, 5) is 11.8. The van der Waals surface area contributed by atoms with E-state index in [1.807, 2.05) is 41.5 Å². The van der Waals surface area contributed by atoms with Gasteiger partial charge in [0.15, 0.2) is 0 Å². The van der Waals surface area contributed by atoms with Crippen molar-refractivity contribution in [2.45, 2.75) is 66.2 Å². The monoisotopic (exact) mass is 296 g/mol. The number of hydrogen-bond acceptors (Lipinski definition) is 4.